The average molecular weight is 367 g/mol. The molecule has 0 fully saturated rings. The van der Waals surface area contributed by atoms with Crippen molar-refractivity contribution >= 4 is 11.5 Å². The van der Waals surface area contributed by atoms with Crippen molar-refractivity contribution in [2.24, 2.45) is 4.99 Å². The van der Waals surface area contributed by atoms with Gasteiger partial charge >= 0.3 is 0 Å². The van der Waals surface area contributed by atoms with Crippen LogP contribution in [0.25, 0.3) is 0 Å². The predicted octanol–water partition coefficient (Wildman–Crippen LogP) is 5.27. The summed E-state index contributed by atoms with van der Waals surface area (Å²) in [6, 6.07) is 4.65. The molecule has 0 radical (unpaired) electrons. The van der Waals surface area contributed by atoms with Crippen LogP contribution < -0.4 is 10.1 Å². The molecule has 1 rings (SSSR count). The highest BCUT2D eigenvalue weighted by atomic mass is 19.3. The molecule has 0 heterocycles. The molecule has 0 amide bonds. The van der Waals surface area contributed by atoms with E-state index < -0.39 is 5.92 Å². The second-order valence-electron chi connectivity index (χ2n) is 6.17. The number of hydrogen-bond donors (Lipinski definition) is 1. The molecule has 0 spiro atoms. The highest BCUT2D eigenvalue weighted by Gasteiger charge is 2.28. The number of amidine groups is 1. The van der Waals surface area contributed by atoms with Gasteiger partial charge in [-0.25, -0.2) is 13.8 Å². The third-order valence-electron chi connectivity index (χ3n) is 3.85. The fourth-order valence-electron chi connectivity index (χ4n) is 2.65. The summed E-state index contributed by atoms with van der Waals surface area (Å²) in [4.78, 5) is 6.79. The standard InChI is InChI=1S/C20H31F2N3O/c1-6-11-23-19(25(12-7-2)13-8-3)15-24-16-9-10-17(20(4,21)22)18(14-16)26-5/h6,9-11,14,24H,7-8,12-13,15H2,1-5H3/b11-6-,23-19?. The van der Waals surface area contributed by atoms with Gasteiger partial charge in [0.1, 0.15) is 11.6 Å². The number of hydrogen-bond acceptors (Lipinski definition) is 3. The molecule has 4 nitrogen and oxygen atoms in total. The quantitative estimate of drug-likeness (QED) is 0.452. The molecule has 1 N–H and O–H groups in total. The van der Waals surface area contributed by atoms with Gasteiger partial charge in [-0.05, 0) is 31.9 Å². The van der Waals surface area contributed by atoms with E-state index in [1.807, 2.05) is 13.0 Å². The molecule has 0 aliphatic heterocycles. The topological polar surface area (TPSA) is 36.9 Å². The molecule has 6 heteroatoms. The number of alkyl halides is 2. The van der Waals surface area contributed by atoms with Crippen molar-refractivity contribution in [3.05, 3.63) is 36.0 Å². The Morgan fingerprint density at radius 2 is 1.92 bits per heavy atom. The average Bonchev–Trinajstić information content (AvgIpc) is 2.60. The fourth-order valence-corrected chi connectivity index (χ4v) is 2.65. The van der Waals surface area contributed by atoms with Crippen LogP contribution in [0, 0.1) is 0 Å². The minimum atomic E-state index is -2.94. The van der Waals surface area contributed by atoms with E-state index in [1.54, 1.807) is 18.3 Å². The first-order valence-corrected chi connectivity index (χ1v) is 9.10. The second kappa shape index (κ2) is 10.8. The van der Waals surface area contributed by atoms with Crippen molar-refractivity contribution in [3.8, 4) is 5.75 Å². The monoisotopic (exact) mass is 367 g/mol. The first-order chi connectivity index (χ1) is 12.4. The lowest BCUT2D eigenvalue weighted by Gasteiger charge is -2.26. The summed E-state index contributed by atoms with van der Waals surface area (Å²) in [6.45, 7) is 9.43. The number of allylic oxidation sites excluding steroid dienone is 1. The Morgan fingerprint density at radius 3 is 2.42 bits per heavy atom. The Hall–Kier alpha value is -2.11. The van der Waals surface area contributed by atoms with E-state index in [-0.39, 0.29) is 11.3 Å². The zero-order chi connectivity index (χ0) is 19.6. The van der Waals surface area contributed by atoms with Crippen molar-refractivity contribution in [1.29, 1.82) is 0 Å². The van der Waals surface area contributed by atoms with Gasteiger partial charge in [-0.15, -0.1) is 0 Å². The normalized spacial score (nSPS) is 12.5. The summed E-state index contributed by atoms with van der Waals surface area (Å²) in [7, 11) is 1.40. The number of anilines is 1. The van der Waals surface area contributed by atoms with Crippen LogP contribution in [0.15, 0.2) is 35.5 Å². The van der Waals surface area contributed by atoms with Crippen LogP contribution in [0.5, 0.6) is 5.75 Å². The van der Waals surface area contributed by atoms with Gasteiger partial charge in [0.05, 0.1) is 19.2 Å². The first-order valence-electron chi connectivity index (χ1n) is 9.10. The number of benzene rings is 1. The van der Waals surface area contributed by atoms with Crippen LogP contribution in [0.3, 0.4) is 0 Å². The Labute approximate surface area is 156 Å². The molecule has 26 heavy (non-hydrogen) atoms. The Bertz CT molecular complexity index is 604. The Balaban J connectivity index is 2.97. The molecule has 1 aromatic rings. The van der Waals surface area contributed by atoms with Gasteiger partial charge in [-0.3, -0.25) is 0 Å². The first kappa shape index (κ1) is 21.9. The van der Waals surface area contributed by atoms with Crippen molar-refractivity contribution in [1.82, 2.24) is 4.90 Å². The van der Waals surface area contributed by atoms with Crippen molar-refractivity contribution in [2.75, 3.05) is 32.1 Å². The van der Waals surface area contributed by atoms with E-state index in [2.05, 4.69) is 29.1 Å². The molecule has 0 aliphatic rings. The van der Waals surface area contributed by atoms with Crippen molar-refractivity contribution in [2.45, 2.75) is 46.5 Å². The molecule has 0 bridgehead atoms. The lowest BCUT2D eigenvalue weighted by atomic mass is 10.1. The number of ether oxygens (including phenoxy) is 1. The molecule has 0 aromatic heterocycles. The van der Waals surface area contributed by atoms with E-state index in [9.17, 15) is 8.78 Å². The van der Waals surface area contributed by atoms with Crippen molar-refractivity contribution < 1.29 is 13.5 Å². The fraction of sp³-hybridized carbons (Fsp3) is 0.550. The number of halogens is 2. The number of nitrogens with one attached hydrogen (secondary N) is 1. The minimum absolute atomic E-state index is 0.119. The SMILES string of the molecule is C/C=C\N=C(CNc1ccc(C(C)(F)F)c(OC)c1)N(CCC)CCC. The Morgan fingerprint density at radius 1 is 1.27 bits per heavy atom. The summed E-state index contributed by atoms with van der Waals surface area (Å²) in [5.41, 5.74) is 0.600. The highest BCUT2D eigenvalue weighted by Crippen LogP contribution is 2.35. The van der Waals surface area contributed by atoms with Gasteiger partial charge in [-0.2, -0.15) is 0 Å². The maximum atomic E-state index is 13.6. The molecule has 146 valence electrons. The molecule has 0 saturated carbocycles. The summed E-state index contributed by atoms with van der Waals surface area (Å²) in [6.07, 6.45) is 5.72. The zero-order valence-corrected chi connectivity index (χ0v) is 16.5. The number of aliphatic imine (C=N–C) groups is 1. The van der Waals surface area contributed by atoms with Crippen LogP contribution >= 0.6 is 0 Å². The third kappa shape index (κ3) is 6.65. The third-order valence-corrected chi connectivity index (χ3v) is 3.85. The van der Waals surface area contributed by atoms with Gasteiger partial charge < -0.3 is 15.0 Å². The maximum Gasteiger partial charge on any atom is 0.274 e. The summed E-state index contributed by atoms with van der Waals surface area (Å²) in [5.74, 6) is -1.84. The van der Waals surface area contributed by atoms with Crippen LogP contribution in [-0.4, -0.2) is 37.5 Å². The predicted molar refractivity (Wildman–Crippen MR) is 105 cm³/mol. The molecule has 0 unspecified atom stereocenters. The smallest absolute Gasteiger partial charge is 0.274 e. The lowest BCUT2D eigenvalue weighted by molar-refractivity contribution is 0.0151. The minimum Gasteiger partial charge on any atom is -0.496 e. The van der Waals surface area contributed by atoms with E-state index in [4.69, 9.17) is 4.74 Å². The van der Waals surface area contributed by atoms with Crippen molar-refractivity contribution in [3.63, 3.8) is 0 Å². The van der Waals surface area contributed by atoms with E-state index in [0.717, 1.165) is 44.4 Å². The van der Waals surface area contributed by atoms with Crippen LogP contribution in [-0.2, 0) is 5.92 Å². The summed E-state index contributed by atoms with van der Waals surface area (Å²) in [5, 5.41) is 3.27. The lowest BCUT2D eigenvalue weighted by Crippen LogP contribution is -2.36. The number of methoxy groups -OCH3 is 1. The largest absolute Gasteiger partial charge is 0.496 e. The van der Waals surface area contributed by atoms with Gasteiger partial charge in [0, 0.05) is 38.0 Å². The van der Waals surface area contributed by atoms with Crippen LogP contribution in [0.1, 0.15) is 46.1 Å². The summed E-state index contributed by atoms with van der Waals surface area (Å²) >= 11 is 0. The zero-order valence-electron chi connectivity index (χ0n) is 16.5. The van der Waals surface area contributed by atoms with Gasteiger partial charge in [0.15, 0.2) is 0 Å². The summed E-state index contributed by atoms with van der Waals surface area (Å²) < 4.78 is 32.4. The van der Waals surface area contributed by atoms with Gasteiger partial charge in [0.25, 0.3) is 5.92 Å². The molecule has 0 aliphatic carbocycles. The van der Waals surface area contributed by atoms with Gasteiger partial charge in [0.2, 0.25) is 0 Å². The van der Waals surface area contributed by atoms with E-state index >= 15 is 0 Å². The Kier molecular flexibility index (Phi) is 9.10. The van der Waals surface area contributed by atoms with E-state index in [1.165, 1.54) is 13.2 Å². The van der Waals surface area contributed by atoms with E-state index in [0.29, 0.717) is 6.54 Å². The molecular formula is C20H31F2N3O. The number of nitrogens with zero attached hydrogens (tertiary/aromatic N) is 2. The maximum absolute atomic E-state index is 13.6. The molecule has 0 atom stereocenters. The molecule has 0 saturated heterocycles. The van der Waals surface area contributed by atoms with Gasteiger partial charge in [-0.1, -0.05) is 19.9 Å². The second-order valence-corrected chi connectivity index (χ2v) is 6.17. The highest BCUT2D eigenvalue weighted by molar-refractivity contribution is 5.87. The van der Waals surface area contributed by atoms with Crippen LogP contribution in [0.2, 0.25) is 0 Å². The van der Waals surface area contributed by atoms with Crippen LogP contribution in [0.4, 0.5) is 14.5 Å². The molecular weight excluding hydrogens is 336 g/mol. The molecule has 1 aromatic carbocycles. The number of rotatable bonds is 10.